The topological polar surface area (TPSA) is 60.9 Å². The lowest BCUT2D eigenvalue weighted by atomic mass is 10.1. The van der Waals surface area contributed by atoms with E-state index in [-0.39, 0.29) is 16.8 Å². The molecule has 3 aromatic rings. The van der Waals surface area contributed by atoms with Crippen molar-refractivity contribution >= 4 is 28.5 Å². The van der Waals surface area contributed by atoms with E-state index in [0.717, 1.165) is 10.9 Å². The SMILES string of the molecule is CC(C)n1cc(-c2ccc(Cl)c(F)c2)c2ccc(C(N)=O)nc21. The minimum atomic E-state index is -0.581. The second kappa shape index (κ2) is 5.66. The standard InChI is InChI=1S/C17H15ClFN3O/c1-9(2)22-8-12(10-3-5-13(18)14(19)7-10)11-4-6-15(16(20)23)21-17(11)22/h3-9H,1-2H3,(H2,20,23). The van der Waals surface area contributed by atoms with Crippen LogP contribution >= 0.6 is 11.6 Å². The Morgan fingerprint density at radius 2 is 2.04 bits per heavy atom. The Kier molecular flexibility index (Phi) is 3.82. The van der Waals surface area contributed by atoms with Crippen molar-refractivity contribution in [3.63, 3.8) is 0 Å². The molecule has 0 saturated carbocycles. The molecule has 0 fully saturated rings. The maximum absolute atomic E-state index is 13.8. The highest BCUT2D eigenvalue weighted by Gasteiger charge is 2.16. The fourth-order valence-electron chi connectivity index (χ4n) is 2.55. The molecule has 1 aromatic carbocycles. The molecule has 0 atom stereocenters. The average molecular weight is 332 g/mol. The van der Waals surface area contributed by atoms with Crippen LogP contribution in [0.5, 0.6) is 0 Å². The Morgan fingerprint density at radius 3 is 2.65 bits per heavy atom. The first kappa shape index (κ1) is 15.5. The summed E-state index contributed by atoms with van der Waals surface area (Å²) in [5.41, 5.74) is 7.68. The molecule has 4 nitrogen and oxygen atoms in total. The molecule has 1 amide bonds. The molecule has 0 saturated heterocycles. The number of benzene rings is 1. The van der Waals surface area contributed by atoms with Crippen LogP contribution in [0, 0.1) is 5.82 Å². The third-order valence-electron chi connectivity index (χ3n) is 3.72. The number of nitrogens with two attached hydrogens (primary N) is 1. The number of rotatable bonds is 3. The highest BCUT2D eigenvalue weighted by atomic mass is 35.5. The second-order valence-corrected chi connectivity index (χ2v) is 6.01. The van der Waals surface area contributed by atoms with Crippen molar-refractivity contribution in [2.75, 3.05) is 0 Å². The molecular weight excluding hydrogens is 317 g/mol. The highest BCUT2D eigenvalue weighted by Crippen LogP contribution is 2.33. The summed E-state index contributed by atoms with van der Waals surface area (Å²) < 4.78 is 15.7. The van der Waals surface area contributed by atoms with Crippen molar-refractivity contribution in [1.29, 1.82) is 0 Å². The van der Waals surface area contributed by atoms with Gasteiger partial charge in [0, 0.05) is 23.2 Å². The second-order valence-electron chi connectivity index (χ2n) is 5.60. The molecule has 2 aromatic heterocycles. The molecule has 2 N–H and O–H groups in total. The van der Waals surface area contributed by atoms with Crippen molar-refractivity contribution in [3.8, 4) is 11.1 Å². The Morgan fingerprint density at radius 1 is 1.30 bits per heavy atom. The Labute approximate surface area is 137 Å². The van der Waals surface area contributed by atoms with Crippen LogP contribution in [0.4, 0.5) is 4.39 Å². The summed E-state index contributed by atoms with van der Waals surface area (Å²) in [4.78, 5) is 15.7. The lowest BCUT2D eigenvalue weighted by molar-refractivity contribution is 0.0996. The number of halogens is 2. The normalized spacial score (nSPS) is 11.3. The van der Waals surface area contributed by atoms with Gasteiger partial charge in [0.25, 0.3) is 5.91 Å². The van der Waals surface area contributed by atoms with Gasteiger partial charge in [-0.05, 0) is 43.7 Å². The van der Waals surface area contributed by atoms with Gasteiger partial charge in [-0.15, -0.1) is 0 Å². The maximum atomic E-state index is 13.8. The molecule has 3 rings (SSSR count). The zero-order valence-corrected chi connectivity index (χ0v) is 13.4. The molecule has 0 aliphatic rings. The van der Waals surface area contributed by atoms with Gasteiger partial charge in [-0.2, -0.15) is 0 Å². The van der Waals surface area contributed by atoms with E-state index < -0.39 is 11.7 Å². The zero-order chi connectivity index (χ0) is 16.7. The Bertz CT molecular complexity index is 918. The molecule has 6 heteroatoms. The smallest absolute Gasteiger partial charge is 0.267 e. The van der Waals surface area contributed by atoms with Crippen LogP contribution in [0.1, 0.15) is 30.4 Å². The monoisotopic (exact) mass is 331 g/mol. The van der Waals surface area contributed by atoms with E-state index in [1.165, 1.54) is 12.1 Å². The lowest BCUT2D eigenvalue weighted by Gasteiger charge is -2.08. The summed E-state index contributed by atoms with van der Waals surface area (Å²) >= 11 is 5.75. The summed E-state index contributed by atoms with van der Waals surface area (Å²) in [5.74, 6) is -1.06. The van der Waals surface area contributed by atoms with Crippen LogP contribution in [-0.2, 0) is 0 Å². The maximum Gasteiger partial charge on any atom is 0.267 e. The fourth-order valence-corrected chi connectivity index (χ4v) is 2.67. The third kappa shape index (κ3) is 2.68. The van der Waals surface area contributed by atoms with Crippen molar-refractivity contribution in [3.05, 3.63) is 53.1 Å². The summed E-state index contributed by atoms with van der Waals surface area (Å²) in [6.45, 7) is 4.01. The van der Waals surface area contributed by atoms with Crippen LogP contribution in [0.2, 0.25) is 5.02 Å². The van der Waals surface area contributed by atoms with Gasteiger partial charge in [0.1, 0.15) is 17.2 Å². The van der Waals surface area contributed by atoms with E-state index in [0.29, 0.717) is 11.2 Å². The predicted molar refractivity (Wildman–Crippen MR) is 89.0 cm³/mol. The number of fused-ring (bicyclic) bond motifs is 1. The minimum Gasteiger partial charge on any atom is -0.364 e. The van der Waals surface area contributed by atoms with Crippen LogP contribution in [0.3, 0.4) is 0 Å². The number of nitrogens with zero attached hydrogens (tertiary/aromatic N) is 2. The van der Waals surface area contributed by atoms with Crippen molar-refractivity contribution in [2.24, 2.45) is 5.73 Å². The molecule has 0 aliphatic carbocycles. The van der Waals surface area contributed by atoms with E-state index in [9.17, 15) is 9.18 Å². The molecule has 23 heavy (non-hydrogen) atoms. The van der Waals surface area contributed by atoms with Gasteiger partial charge in [-0.3, -0.25) is 4.79 Å². The Hall–Kier alpha value is -2.40. The van der Waals surface area contributed by atoms with Crippen LogP contribution < -0.4 is 5.73 Å². The molecule has 0 bridgehead atoms. The largest absolute Gasteiger partial charge is 0.364 e. The number of carbonyl (C=O) groups excluding carboxylic acids is 1. The van der Waals surface area contributed by atoms with Crippen LogP contribution in [-0.4, -0.2) is 15.5 Å². The van der Waals surface area contributed by atoms with Gasteiger partial charge in [-0.1, -0.05) is 17.7 Å². The van der Waals surface area contributed by atoms with Crippen molar-refractivity contribution in [2.45, 2.75) is 19.9 Å². The Balaban J connectivity index is 2.29. The number of hydrogen-bond donors (Lipinski definition) is 1. The molecular formula is C17H15ClFN3O. The third-order valence-corrected chi connectivity index (χ3v) is 4.02. The molecule has 118 valence electrons. The molecule has 0 unspecified atom stereocenters. The van der Waals surface area contributed by atoms with Crippen molar-refractivity contribution in [1.82, 2.24) is 9.55 Å². The first-order valence-corrected chi connectivity index (χ1v) is 7.53. The van der Waals surface area contributed by atoms with Gasteiger partial charge < -0.3 is 10.3 Å². The summed E-state index contributed by atoms with van der Waals surface area (Å²) in [7, 11) is 0. The van der Waals surface area contributed by atoms with E-state index in [4.69, 9.17) is 17.3 Å². The number of primary amides is 1. The predicted octanol–water partition coefficient (Wildman–Crippen LogP) is 4.18. The first-order chi connectivity index (χ1) is 10.9. The summed E-state index contributed by atoms with van der Waals surface area (Å²) in [6, 6.07) is 8.15. The van der Waals surface area contributed by atoms with Gasteiger partial charge in [0.15, 0.2) is 0 Å². The zero-order valence-electron chi connectivity index (χ0n) is 12.7. The summed E-state index contributed by atoms with van der Waals surface area (Å²) in [5, 5.41) is 0.904. The summed E-state index contributed by atoms with van der Waals surface area (Å²) in [6.07, 6.45) is 1.90. The first-order valence-electron chi connectivity index (χ1n) is 7.15. The number of carbonyl (C=O) groups is 1. The quantitative estimate of drug-likeness (QED) is 0.782. The van der Waals surface area contributed by atoms with Gasteiger partial charge >= 0.3 is 0 Å². The molecule has 0 radical (unpaired) electrons. The van der Waals surface area contributed by atoms with E-state index >= 15 is 0 Å². The molecule has 2 heterocycles. The number of pyridine rings is 1. The minimum absolute atomic E-state index is 0.0792. The van der Waals surface area contributed by atoms with E-state index in [1.54, 1.807) is 18.2 Å². The molecule has 0 aliphatic heterocycles. The fraction of sp³-hybridized carbons (Fsp3) is 0.176. The highest BCUT2D eigenvalue weighted by molar-refractivity contribution is 6.30. The lowest BCUT2D eigenvalue weighted by Crippen LogP contribution is -2.13. The van der Waals surface area contributed by atoms with Crippen molar-refractivity contribution < 1.29 is 9.18 Å². The van der Waals surface area contributed by atoms with Gasteiger partial charge in [0.05, 0.1) is 5.02 Å². The van der Waals surface area contributed by atoms with Crippen LogP contribution in [0.25, 0.3) is 22.2 Å². The average Bonchev–Trinajstić information content (AvgIpc) is 2.89. The van der Waals surface area contributed by atoms with E-state index in [2.05, 4.69) is 4.98 Å². The number of amides is 1. The van der Waals surface area contributed by atoms with Crippen LogP contribution in [0.15, 0.2) is 36.5 Å². The number of hydrogen-bond acceptors (Lipinski definition) is 2. The number of aromatic nitrogens is 2. The van der Waals surface area contributed by atoms with Gasteiger partial charge in [-0.25, -0.2) is 9.37 Å². The molecule has 0 spiro atoms. The van der Waals surface area contributed by atoms with E-state index in [1.807, 2.05) is 24.6 Å². The van der Waals surface area contributed by atoms with Gasteiger partial charge in [0.2, 0.25) is 0 Å².